The summed E-state index contributed by atoms with van der Waals surface area (Å²) in [4.78, 5) is 12.6. The van der Waals surface area contributed by atoms with Gasteiger partial charge in [-0.3, -0.25) is 4.79 Å². The summed E-state index contributed by atoms with van der Waals surface area (Å²) < 4.78 is 18.0. The minimum atomic E-state index is -1.55. The molecule has 17 heteroatoms. The molecular formula is C25H51N7O10. The lowest BCUT2D eigenvalue weighted by Crippen LogP contribution is -2.70. The van der Waals surface area contributed by atoms with Crippen LogP contribution in [-0.4, -0.2) is 155 Å². The molecule has 15 atom stereocenters. The van der Waals surface area contributed by atoms with Gasteiger partial charge in [0.25, 0.3) is 0 Å². The summed E-state index contributed by atoms with van der Waals surface area (Å²) in [7, 11) is 0. The van der Waals surface area contributed by atoms with E-state index in [2.05, 4.69) is 10.6 Å². The molecule has 2 saturated heterocycles. The molecule has 0 bridgehead atoms. The maximum atomic E-state index is 12.6. The highest BCUT2D eigenvalue weighted by Gasteiger charge is 2.53. The van der Waals surface area contributed by atoms with E-state index in [4.69, 9.17) is 42.9 Å². The molecule has 1 aliphatic carbocycles. The Morgan fingerprint density at radius 1 is 1.00 bits per heavy atom. The summed E-state index contributed by atoms with van der Waals surface area (Å²) >= 11 is 0. The normalized spacial score (nSPS) is 42.6. The van der Waals surface area contributed by atoms with E-state index in [9.17, 15) is 35.4 Å². The zero-order valence-electron chi connectivity index (χ0n) is 23.7. The van der Waals surface area contributed by atoms with E-state index in [1.54, 1.807) is 0 Å². The van der Waals surface area contributed by atoms with Crippen molar-refractivity contribution in [3.8, 4) is 0 Å². The molecule has 3 rings (SSSR count). The second-order valence-corrected chi connectivity index (χ2v) is 11.5. The average molecular weight is 610 g/mol. The number of aliphatic hydroxyl groups is 6. The van der Waals surface area contributed by atoms with Gasteiger partial charge < -0.3 is 84.2 Å². The van der Waals surface area contributed by atoms with Crippen molar-refractivity contribution in [1.29, 1.82) is 0 Å². The maximum Gasteiger partial charge on any atom is 0.250 e. The molecule has 246 valence electrons. The van der Waals surface area contributed by atoms with E-state index in [1.165, 1.54) is 0 Å². The molecule has 15 unspecified atom stereocenters. The fourth-order valence-corrected chi connectivity index (χ4v) is 6.07. The van der Waals surface area contributed by atoms with Crippen LogP contribution >= 0.6 is 0 Å². The molecule has 1 amide bonds. The molecule has 1 saturated carbocycles. The van der Waals surface area contributed by atoms with Crippen molar-refractivity contribution in [2.24, 2.45) is 34.6 Å². The SMILES string of the molecule is NCCC(O)CNC1CCC(CN)OC1C1C(N)CC(NC(=O)C(O)CN)C(OC2OC(CO)C(O)C(N)C2O)C1O. The molecule has 0 radical (unpaired) electrons. The van der Waals surface area contributed by atoms with Gasteiger partial charge in [-0.05, 0) is 32.2 Å². The van der Waals surface area contributed by atoms with Gasteiger partial charge in [-0.2, -0.15) is 0 Å². The monoisotopic (exact) mass is 609 g/mol. The molecule has 17 nitrogen and oxygen atoms in total. The van der Waals surface area contributed by atoms with Crippen molar-refractivity contribution in [1.82, 2.24) is 10.6 Å². The first kappa shape index (κ1) is 35.4. The van der Waals surface area contributed by atoms with E-state index in [0.29, 0.717) is 25.8 Å². The van der Waals surface area contributed by atoms with Crippen LogP contribution in [0.15, 0.2) is 0 Å². The first-order chi connectivity index (χ1) is 20.0. The Morgan fingerprint density at radius 2 is 1.71 bits per heavy atom. The van der Waals surface area contributed by atoms with Crippen molar-refractivity contribution in [3.05, 3.63) is 0 Å². The van der Waals surface area contributed by atoms with Crippen LogP contribution in [0.2, 0.25) is 0 Å². The molecule has 2 aliphatic heterocycles. The molecule has 0 aromatic rings. The predicted molar refractivity (Wildman–Crippen MR) is 148 cm³/mol. The number of carbonyl (C=O) groups is 1. The lowest BCUT2D eigenvalue weighted by molar-refractivity contribution is -0.306. The zero-order valence-corrected chi connectivity index (χ0v) is 23.7. The Kier molecular flexibility index (Phi) is 13.7. The van der Waals surface area contributed by atoms with Crippen molar-refractivity contribution in [2.45, 2.75) is 111 Å². The second kappa shape index (κ2) is 16.3. The van der Waals surface area contributed by atoms with E-state index >= 15 is 0 Å². The minimum absolute atomic E-state index is 0.0615. The fourth-order valence-electron chi connectivity index (χ4n) is 6.07. The van der Waals surface area contributed by atoms with Crippen LogP contribution in [0, 0.1) is 5.92 Å². The average Bonchev–Trinajstić information content (AvgIpc) is 2.97. The molecule has 42 heavy (non-hydrogen) atoms. The summed E-state index contributed by atoms with van der Waals surface area (Å²) in [6, 6.07) is -3.30. The molecule has 0 aromatic carbocycles. The van der Waals surface area contributed by atoms with Gasteiger partial charge in [0.1, 0.15) is 30.5 Å². The summed E-state index contributed by atoms with van der Waals surface area (Å²) in [6.07, 6.45) is -9.83. The van der Waals surface area contributed by atoms with Crippen LogP contribution < -0.4 is 39.3 Å². The van der Waals surface area contributed by atoms with E-state index in [-0.39, 0.29) is 38.2 Å². The van der Waals surface area contributed by atoms with E-state index < -0.39 is 91.7 Å². The minimum Gasteiger partial charge on any atom is -0.394 e. The van der Waals surface area contributed by atoms with Gasteiger partial charge >= 0.3 is 0 Å². The summed E-state index contributed by atoms with van der Waals surface area (Å²) in [5.41, 5.74) is 29.5. The third-order valence-corrected chi connectivity index (χ3v) is 8.53. The number of amides is 1. The molecule has 2 heterocycles. The first-order valence-electron chi connectivity index (χ1n) is 14.6. The lowest BCUT2D eigenvalue weighted by Gasteiger charge is -2.51. The topological polar surface area (TPSA) is 320 Å². The zero-order chi connectivity index (χ0) is 31.1. The maximum absolute atomic E-state index is 12.6. The predicted octanol–water partition coefficient (Wildman–Crippen LogP) is -7.18. The lowest BCUT2D eigenvalue weighted by atomic mass is 9.72. The Bertz CT molecular complexity index is 834. The number of hydrogen-bond acceptors (Lipinski definition) is 16. The number of carbonyl (C=O) groups excluding carboxylic acids is 1. The van der Waals surface area contributed by atoms with Gasteiger partial charge in [-0.1, -0.05) is 0 Å². The first-order valence-corrected chi connectivity index (χ1v) is 14.6. The molecule has 0 spiro atoms. The van der Waals surface area contributed by atoms with Gasteiger partial charge in [0, 0.05) is 37.6 Å². The fraction of sp³-hybridized carbons (Fsp3) is 0.960. The quantitative estimate of drug-likeness (QED) is 0.0922. The number of ether oxygens (including phenoxy) is 3. The smallest absolute Gasteiger partial charge is 0.250 e. The molecule has 18 N–H and O–H groups in total. The Labute approximate surface area is 245 Å². The van der Waals surface area contributed by atoms with Crippen LogP contribution in [0.3, 0.4) is 0 Å². The van der Waals surface area contributed by atoms with Crippen LogP contribution in [0.1, 0.15) is 25.7 Å². The molecule has 3 fully saturated rings. The molecule has 3 aliphatic rings. The molecule has 0 aromatic heterocycles. The highest BCUT2D eigenvalue weighted by molar-refractivity contribution is 5.81. The van der Waals surface area contributed by atoms with Crippen LogP contribution in [0.5, 0.6) is 0 Å². The van der Waals surface area contributed by atoms with Gasteiger partial charge in [0.15, 0.2) is 6.29 Å². The van der Waals surface area contributed by atoms with Gasteiger partial charge in [-0.15, -0.1) is 0 Å². The Morgan fingerprint density at radius 3 is 2.33 bits per heavy atom. The van der Waals surface area contributed by atoms with Crippen LogP contribution in [-0.2, 0) is 19.0 Å². The standard InChI is InChI=1S/C25H51N7O10/c26-4-3-10(34)8-31-13-2-1-11(6-27)40-22(13)17-12(29)5-14(32-24(39)15(35)7-28)23(20(17)37)42-25-21(38)18(30)19(36)16(9-33)41-25/h10-23,25,31,33-38H,1-9,26-30H2,(H,32,39). The highest BCUT2D eigenvalue weighted by Crippen LogP contribution is 2.37. The van der Waals surface area contributed by atoms with Gasteiger partial charge in [0.05, 0.1) is 43.1 Å². The van der Waals surface area contributed by atoms with E-state index in [1.807, 2.05) is 0 Å². The number of nitrogens with one attached hydrogen (secondary N) is 2. The van der Waals surface area contributed by atoms with Crippen molar-refractivity contribution in [2.75, 3.05) is 32.8 Å². The third kappa shape index (κ3) is 8.32. The van der Waals surface area contributed by atoms with Crippen molar-refractivity contribution >= 4 is 5.91 Å². The summed E-state index contributed by atoms with van der Waals surface area (Å²) in [5.74, 6) is -1.60. The summed E-state index contributed by atoms with van der Waals surface area (Å²) in [6.45, 7) is -0.195. The number of rotatable bonds is 13. The summed E-state index contributed by atoms with van der Waals surface area (Å²) in [5, 5.41) is 68.6. The number of aliphatic hydroxyl groups excluding tert-OH is 6. The van der Waals surface area contributed by atoms with Crippen molar-refractivity contribution < 1.29 is 49.6 Å². The largest absolute Gasteiger partial charge is 0.394 e. The molecular weight excluding hydrogens is 558 g/mol. The third-order valence-electron chi connectivity index (χ3n) is 8.53. The second-order valence-electron chi connectivity index (χ2n) is 11.5. The van der Waals surface area contributed by atoms with Crippen LogP contribution in [0.4, 0.5) is 0 Å². The van der Waals surface area contributed by atoms with Gasteiger partial charge in [0.2, 0.25) is 5.91 Å². The van der Waals surface area contributed by atoms with Crippen LogP contribution in [0.25, 0.3) is 0 Å². The van der Waals surface area contributed by atoms with Gasteiger partial charge in [-0.25, -0.2) is 0 Å². The van der Waals surface area contributed by atoms with Crippen molar-refractivity contribution in [3.63, 3.8) is 0 Å². The Hall–Kier alpha value is -1.13. The number of hydrogen-bond donors (Lipinski definition) is 13. The van der Waals surface area contributed by atoms with E-state index in [0.717, 1.165) is 0 Å². The number of nitrogens with two attached hydrogens (primary N) is 5. The Balaban J connectivity index is 1.90. The highest BCUT2D eigenvalue weighted by atomic mass is 16.7.